The number of carbonyl (C=O) groups excluding carboxylic acids is 1. The maximum Gasteiger partial charge on any atom is 0.306 e. The number of allylic oxidation sites excluding steroid dienone is 4. The van der Waals surface area contributed by atoms with Crippen molar-refractivity contribution >= 4 is 11.8 Å². The molecule has 0 amide bonds. The van der Waals surface area contributed by atoms with Crippen molar-refractivity contribution < 1.29 is 14.7 Å². The summed E-state index contributed by atoms with van der Waals surface area (Å²) < 4.78 is 0. The van der Waals surface area contributed by atoms with Crippen molar-refractivity contribution in [1.29, 1.82) is 0 Å². The van der Waals surface area contributed by atoms with E-state index in [4.69, 9.17) is 5.11 Å². The second-order valence-electron chi connectivity index (χ2n) is 11.5. The van der Waals surface area contributed by atoms with Crippen molar-refractivity contribution in [3.8, 4) is 0 Å². The van der Waals surface area contributed by atoms with Gasteiger partial charge >= 0.3 is 5.97 Å². The number of hydrogen-bond acceptors (Lipinski definition) is 2. The Morgan fingerprint density at radius 3 is 2.63 bits per heavy atom. The Labute approximate surface area is 182 Å². The summed E-state index contributed by atoms with van der Waals surface area (Å²) in [6.07, 6.45) is 16.7. The largest absolute Gasteiger partial charge is 0.481 e. The average Bonchev–Trinajstić information content (AvgIpc) is 3.05. The molecule has 30 heavy (non-hydrogen) atoms. The molecule has 0 radical (unpaired) electrons. The van der Waals surface area contributed by atoms with Gasteiger partial charge in [0.2, 0.25) is 0 Å². The van der Waals surface area contributed by atoms with Gasteiger partial charge in [-0.2, -0.15) is 0 Å². The second-order valence-corrected chi connectivity index (χ2v) is 11.5. The zero-order chi connectivity index (χ0) is 21.7. The topological polar surface area (TPSA) is 54.4 Å². The lowest BCUT2D eigenvalue weighted by molar-refractivity contribution is -0.141. The smallest absolute Gasteiger partial charge is 0.306 e. The first-order valence-electron chi connectivity index (χ1n) is 12.3. The predicted molar refractivity (Wildman–Crippen MR) is 120 cm³/mol. The molecule has 3 heteroatoms. The Morgan fingerprint density at radius 1 is 1.13 bits per heavy atom. The molecule has 2 saturated carbocycles. The Kier molecular flexibility index (Phi) is 5.79. The number of carboxylic acid groups (broad SMARTS) is 1. The van der Waals surface area contributed by atoms with Crippen LogP contribution in [0.5, 0.6) is 0 Å². The van der Waals surface area contributed by atoms with E-state index in [0.717, 1.165) is 37.5 Å². The first kappa shape index (κ1) is 21.8. The van der Waals surface area contributed by atoms with Crippen LogP contribution in [0.1, 0.15) is 85.5 Å². The van der Waals surface area contributed by atoms with E-state index in [1.54, 1.807) is 0 Å². The first-order chi connectivity index (χ1) is 14.2. The second kappa shape index (κ2) is 7.95. The number of carbonyl (C=O) groups is 2. The maximum atomic E-state index is 12.0. The summed E-state index contributed by atoms with van der Waals surface area (Å²) in [5.74, 6) is 2.94. The van der Waals surface area contributed by atoms with Crippen molar-refractivity contribution in [2.75, 3.05) is 0 Å². The van der Waals surface area contributed by atoms with Crippen LogP contribution in [0.3, 0.4) is 0 Å². The first-order valence-corrected chi connectivity index (χ1v) is 12.3. The summed E-state index contributed by atoms with van der Waals surface area (Å²) in [7, 11) is 0. The van der Waals surface area contributed by atoms with Crippen molar-refractivity contribution in [1.82, 2.24) is 0 Å². The monoisotopic (exact) mass is 412 g/mol. The number of ketones is 1. The van der Waals surface area contributed by atoms with Gasteiger partial charge < -0.3 is 5.11 Å². The highest BCUT2D eigenvalue weighted by Crippen LogP contribution is 2.66. The molecule has 0 saturated heterocycles. The Hall–Kier alpha value is -1.38. The van der Waals surface area contributed by atoms with E-state index in [0.29, 0.717) is 35.4 Å². The highest BCUT2D eigenvalue weighted by molar-refractivity contribution is 5.92. The minimum atomic E-state index is -0.663. The van der Waals surface area contributed by atoms with Gasteiger partial charge in [-0.3, -0.25) is 9.59 Å². The SMILES string of the molecule is CC(CCC[C@@H](C)C(=O)O)[C@H]1CCC2C3C=CC4=CC(=O)CC[C@]4(C)C3CC[C@@]21C. The lowest BCUT2D eigenvalue weighted by atomic mass is 9.48. The van der Waals surface area contributed by atoms with E-state index in [2.05, 4.69) is 32.9 Å². The number of carboxylic acids is 1. The van der Waals surface area contributed by atoms with Crippen molar-refractivity contribution in [2.45, 2.75) is 85.5 Å². The summed E-state index contributed by atoms with van der Waals surface area (Å²) in [4.78, 5) is 23.1. The van der Waals surface area contributed by atoms with Crippen LogP contribution in [0.15, 0.2) is 23.8 Å². The van der Waals surface area contributed by atoms with Gasteiger partial charge in [0.1, 0.15) is 0 Å². The zero-order valence-corrected chi connectivity index (χ0v) is 19.3. The molecule has 0 aromatic rings. The Morgan fingerprint density at radius 2 is 1.90 bits per heavy atom. The van der Waals surface area contributed by atoms with E-state index in [-0.39, 0.29) is 11.3 Å². The molecule has 4 rings (SSSR count). The van der Waals surface area contributed by atoms with Gasteiger partial charge in [0, 0.05) is 6.42 Å². The highest BCUT2D eigenvalue weighted by Gasteiger charge is 2.58. The average molecular weight is 413 g/mol. The lowest BCUT2D eigenvalue weighted by Crippen LogP contribution is -2.49. The number of aliphatic carboxylic acids is 1. The molecule has 166 valence electrons. The van der Waals surface area contributed by atoms with Gasteiger partial charge in [-0.25, -0.2) is 0 Å². The van der Waals surface area contributed by atoms with E-state index in [1.165, 1.54) is 31.3 Å². The van der Waals surface area contributed by atoms with E-state index >= 15 is 0 Å². The van der Waals surface area contributed by atoms with E-state index in [1.807, 2.05) is 13.0 Å². The molecule has 0 aliphatic heterocycles. The molecule has 0 aromatic heterocycles. The molecule has 4 aliphatic rings. The van der Waals surface area contributed by atoms with Crippen LogP contribution in [0, 0.1) is 46.3 Å². The van der Waals surface area contributed by atoms with E-state index in [9.17, 15) is 9.59 Å². The summed E-state index contributed by atoms with van der Waals surface area (Å²) >= 11 is 0. The predicted octanol–water partition coefficient (Wildman–Crippen LogP) is 6.44. The molecule has 4 aliphatic carbocycles. The molecule has 3 nitrogen and oxygen atoms in total. The summed E-state index contributed by atoms with van der Waals surface area (Å²) in [6, 6.07) is 0. The summed E-state index contributed by atoms with van der Waals surface area (Å²) in [5, 5.41) is 9.15. The quantitative estimate of drug-likeness (QED) is 0.546. The molecule has 0 bridgehead atoms. The van der Waals surface area contributed by atoms with Crippen LogP contribution in [0.25, 0.3) is 0 Å². The third-order valence-electron chi connectivity index (χ3n) is 9.99. The van der Waals surface area contributed by atoms with Gasteiger partial charge in [0.15, 0.2) is 5.78 Å². The van der Waals surface area contributed by atoms with Crippen molar-refractivity contribution in [3.05, 3.63) is 23.8 Å². The van der Waals surface area contributed by atoms with Gasteiger partial charge in [0.05, 0.1) is 5.92 Å². The molecular formula is C27H40O3. The van der Waals surface area contributed by atoms with Crippen LogP contribution in [0.2, 0.25) is 0 Å². The van der Waals surface area contributed by atoms with Gasteiger partial charge in [0.25, 0.3) is 0 Å². The van der Waals surface area contributed by atoms with Crippen LogP contribution < -0.4 is 0 Å². The van der Waals surface area contributed by atoms with Crippen LogP contribution in [0.4, 0.5) is 0 Å². The number of fused-ring (bicyclic) bond motifs is 5. The van der Waals surface area contributed by atoms with Crippen LogP contribution in [-0.2, 0) is 9.59 Å². The molecule has 8 atom stereocenters. The van der Waals surface area contributed by atoms with Crippen molar-refractivity contribution in [2.24, 2.45) is 46.3 Å². The van der Waals surface area contributed by atoms with Crippen LogP contribution in [-0.4, -0.2) is 16.9 Å². The lowest BCUT2D eigenvalue weighted by Gasteiger charge is -2.56. The summed E-state index contributed by atoms with van der Waals surface area (Å²) in [6.45, 7) is 9.24. The Balaban J connectivity index is 1.47. The molecular weight excluding hydrogens is 372 g/mol. The van der Waals surface area contributed by atoms with Gasteiger partial charge in [-0.1, -0.05) is 52.7 Å². The fourth-order valence-corrected chi connectivity index (χ4v) is 8.04. The fraction of sp³-hybridized carbons (Fsp3) is 0.778. The molecule has 2 fully saturated rings. The van der Waals surface area contributed by atoms with E-state index < -0.39 is 5.97 Å². The minimum absolute atomic E-state index is 0.186. The molecule has 0 aromatic carbocycles. The molecule has 4 unspecified atom stereocenters. The zero-order valence-electron chi connectivity index (χ0n) is 19.3. The standard InChI is InChI=1S/C27H40O3/c1-17(6-5-7-18(2)25(29)30)22-10-11-23-21-9-8-19-16-20(28)12-14-26(19,3)24(21)13-15-27(22,23)4/h8-9,16-18,21-24H,5-7,10-15H2,1-4H3,(H,29,30)/t17?,18-,21?,22-,23?,24?,26+,27-/m1/s1. The molecule has 1 N–H and O–H groups in total. The Bertz CT molecular complexity index is 764. The number of hydrogen-bond donors (Lipinski definition) is 1. The highest BCUT2D eigenvalue weighted by atomic mass is 16.4. The molecule has 0 spiro atoms. The van der Waals surface area contributed by atoms with Gasteiger partial charge in [-0.05, 0) is 90.6 Å². The van der Waals surface area contributed by atoms with Crippen molar-refractivity contribution in [3.63, 3.8) is 0 Å². The minimum Gasteiger partial charge on any atom is -0.481 e. The number of rotatable bonds is 6. The molecule has 0 heterocycles. The van der Waals surface area contributed by atoms with Gasteiger partial charge in [-0.15, -0.1) is 0 Å². The third kappa shape index (κ3) is 3.50. The summed E-state index contributed by atoms with van der Waals surface area (Å²) in [5.41, 5.74) is 1.88. The maximum absolute atomic E-state index is 12.0. The fourth-order valence-electron chi connectivity index (χ4n) is 8.04. The van der Waals surface area contributed by atoms with Crippen LogP contribution >= 0.6 is 0 Å². The third-order valence-corrected chi connectivity index (χ3v) is 9.99. The normalized spacial score (nSPS) is 42.0.